The highest BCUT2D eigenvalue weighted by atomic mass is 35.5. The number of hydrogen-bond acceptors (Lipinski definition) is 5. The van der Waals surface area contributed by atoms with E-state index < -0.39 is 36.0 Å². The molecule has 0 radical (unpaired) electrons. The fourth-order valence-corrected chi connectivity index (χ4v) is 2.88. The molecule has 128 valence electrons. The van der Waals surface area contributed by atoms with Crippen molar-refractivity contribution in [3.05, 3.63) is 0 Å². The molecule has 2 amide bonds. The number of ether oxygens (including phenoxy) is 2. The molecule has 0 aromatic rings. The van der Waals surface area contributed by atoms with Gasteiger partial charge in [-0.3, -0.25) is 4.79 Å². The number of nitrogens with zero attached hydrogens (tertiary/aromatic N) is 1. The van der Waals surface area contributed by atoms with Crippen LogP contribution in [0.4, 0.5) is 4.79 Å². The average molecular weight is 344 g/mol. The number of hydrogen-bond donors (Lipinski definition) is 1. The number of halogens is 1. The first-order valence-corrected chi connectivity index (χ1v) is 8.41. The second-order valence-electron chi connectivity index (χ2n) is 5.95. The molecule has 0 aromatic heterocycles. The number of amides is 2. The molecule has 4 atom stereocenters. The molecule has 7 heteroatoms. The number of carbonyl (C=O) groups is 2. The van der Waals surface area contributed by atoms with E-state index in [9.17, 15) is 14.7 Å². The molecule has 0 aliphatic carbocycles. The van der Waals surface area contributed by atoms with Crippen molar-refractivity contribution < 1.29 is 24.2 Å². The third-order valence-electron chi connectivity index (χ3n) is 4.15. The zero-order valence-electron chi connectivity index (χ0n) is 13.4. The number of rotatable bonds is 4. The molecule has 23 heavy (non-hydrogen) atoms. The van der Waals surface area contributed by atoms with Crippen LogP contribution in [0.1, 0.15) is 46.0 Å². The van der Waals surface area contributed by atoms with Crippen LogP contribution in [0.2, 0.25) is 0 Å². The number of carbonyl (C=O) groups excluding carboxylic acids is 2. The first kappa shape index (κ1) is 18.1. The summed E-state index contributed by atoms with van der Waals surface area (Å²) in [4.78, 5) is 24.5. The van der Waals surface area contributed by atoms with Crippen LogP contribution < -0.4 is 0 Å². The van der Waals surface area contributed by atoms with Crippen molar-refractivity contribution in [1.29, 1.82) is 0 Å². The smallest absolute Gasteiger partial charge is 0.417 e. The van der Waals surface area contributed by atoms with Crippen LogP contribution in [0.3, 0.4) is 0 Å². The molecule has 0 spiro atoms. The van der Waals surface area contributed by atoms with Gasteiger partial charge < -0.3 is 14.6 Å². The zero-order chi connectivity index (χ0) is 17.0. The van der Waals surface area contributed by atoms with Crippen LogP contribution in [-0.4, -0.2) is 51.9 Å². The van der Waals surface area contributed by atoms with E-state index in [0.29, 0.717) is 0 Å². The van der Waals surface area contributed by atoms with E-state index in [1.165, 1.54) is 0 Å². The molecule has 2 aliphatic heterocycles. The minimum absolute atomic E-state index is 0.152. The Morgan fingerprint density at radius 3 is 2.91 bits per heavy atom. The topological polar surface area (TPSA) is 76.1 Å². The van der Waals surface area contributed by atoms with Gasteiger partial charge in [-0.25, -0.2) is 9.69 Å². The lowest BCUT2D eigenvalue weighted by molar-refractivity contribution is -0.219. The lowest BCUT2D eigenvalue weighted by atomic mass is 9.89. The van der Waals surface area contributed by atoms with E-state index in [1.807, 2.05) is 0 Å². The van der Waals surface area contributed by atoms with E-state index in [1.54, 1.807) is 6.92 Å². The van der Waals surface area contributed by atoms with Crippen molar-refractivity contribution in [3.8, 4) is 11.8 Å². The second kappa shape index (κ2) is 7.52. The van der Waals surface area contributed by atoms with Gasteiger partial charge in [-0.1, -0.05) is 25.7 Å². The predicted octanol–water partition coefficient (Wildman–Crippen LogP) is 2.02. The van der Waals surface area contributed by atoms with Crippen molar-refractivity contribution >= 4 is 23.6 Å². The van der Waals surface area contributed by atoms with Gasteiger partial charge in [-0.2, -0.15) is 0 Å². The quantitative estimate of drug-likeness (QED) is 0.480. The summed E-state index contributed by atoms with van der Waals surface area (Å²) in [6, 6.07) is -0.668. The summed E-state index contributed by atoms with van der Waals surface area (Å²) in [5.74, 6) is 5.08. The number of aliphatic hydroxyl groups is 1. The molecule has 0 bridgehead atoms. The lowest BCUT2D eigenvalue weighted by Gasteiger charge is -2.40. The first-order chi connectivity index (χ1) is 10.9. The summed E-state index contributed by atoms with van der Waals surface area (Å²) in [6.07, 6.45) is 1.45. The number of unbranched alkanes of at least 4 members (excludes halogenated alkanes) is 3. The predicted molar refractivity (Wildman–Crippen MR) is 83.7 cm³/mol. The van der Waals surface area contributed by atoms with Crippen molar-refractivity contribution in [2.75, 3.05) is 5.88 Å². The molecule has 6 nitrogen and oxygen atoms in total. The van der Waals surface area contributed by atoms with Crippen LogP contribution in [0.5, 0.6) is 0 Å². The van der Waals surface area contributed by atoms with Gasteiger partial charge in [-0.05, 0) is 13.3 Å². The third kappa shape index (κ3) is 3.79. The van der Waals surface area contributed by atoms with Gasteiger partial charge in [0.25, 0.3) is 0 Å². The molecule has 2 aliphatic rings. The Hall–Kier alpha value is -1.29. The summed E-state index contributed by atoms with van der Waals surface area (Å²) < 4.78 is 10.8. The minimum Gasteiger partial charge on any atom is -0.417 e. The van der Waals surface area contributed by atoms with E-state index in [-0.39, 0.29) is 12.3 Å². The lowest BCUT2D eigenvalue weighted by Crippen LogP contribution is -2.56. The monoisotopic (exact) mass is 343 g/mol. The maximum atomic E-state index is 11.8. The van der Waals surface area contributed by atoms with E-state index in [4.69, 9.17) is 21.1 Å². The number of aliphatic hydroxyl groups excluding tert-OH is 1. The van der Waals surface area contributed by atoms with Gasteiger partial charge in [0.05, 0.1) is 6.10 Å². The van der Waals surface area contributed by atoms with Crippen LogP contribution >= 0.6 is 11.6 Å². The summed E-state index contributed by atoms with van der Waals surface area (Å²) in [7, 11) is 0. The van der Waals surface area contributed by atoms with Gasteiger partial charge in [0.15, 0.2) is 5.60 Å². The molecule has 0 aromatic carbocycles. The number of imide groups is 1. The maximum absolute atomic E-state index is 11.8. The second-order valence-corrected chi connectivity index (χ2v) is 6.22. The highest BCUT2D eigenvalue weighted by molar-refractivity contribution is 6.28. The van der Waals surface area contributed by atoms with Crippen LogP contribution in [0.15, 0.2) is 0 Å². The normalized spacial score (nSPS) is 32.8. The Morgan fingerprint density at radius 2 is 2.26 bits per heavy atom. The standard InChI is InChI=1S/C16H22ClNO5/c1-3-4-5-6-7-8-16(2)12(19)9-11-14(23-16)22-15(21)18(11)13(20)10-17/h11-12,14,19H,3-6,9-10H2,1-2H3/t11-,12+,14+,16-/m1/s1. The van der Waals surface area contributed by atoms with E-state index in [0.717, 1.165) is 30.6 Å². The minimum atomic E-state index is -1.12. The largest absolute Gasteiger partial charge is 0.419 e. The van der Waals surface area contributed by atoms with Crippen LogP contribution in [0, 0.1) is 11.8 Å². The molecule has 2 heterocycles. The Labute approximate surface area is 141 Å². The van der Waals surface area contributed by atoms with E-state index in [2.05, 4.69) is 18.8 Å². The molecule has 2 saturated heterocycles. The van der Waals surface area contributed by atoms with Crippen LogP contribution in [-0.2, 0) is 14.3 Å². The van der Waals surface area contributed by atoms with Gasteiger partial charge in [0.1, 0.15) is 11.9 Å². The fraction of sp³-hybridized carbons (Fsp3) is 0.750. The zero-order valence-corrected chi connectivity index (χ0v) is 14.1. The van der Waals surface area contributed by atoms with Crippen molar-refractivity contribution in [3.63, 3.8) is 0 Å². The molecule has 2 fully saturated rings. The molecule has 0 unspecified atom stereocenters. The summed E-state index contributed by atoms with van der Waals surface area (Å²) in [5, 5.41) is 10.4. The maximum Gasteiger partial charge on any atom is 0.419 e. The van der Waals surface area contributed by atoms with Gasteiger partial charge in [0, 0.05) is 12.8 Å². The summed E-state index contributed by atoms with van der Waals surface area (Å²) >= 11 is 5.51. The molecule has 2 rings (SSSR count). The number of alkyl halides is 1. The summed E-state index contributed by atoms with van der Waals surface area (Å²) in [6.45, 7) is 3.78. The Bertz CT molecular complexity index is 528. The van der Waals surface area contributed by atoms with E-state index >= 15 is 0 Å². The Balaban J connectivity index is 2.07. The van der Waals surface area contributed by atoms with Crippen molar-refractivity contribution in [2.45, 2.75) is 70.0 Å². The molecule has 1 N–H and O–H groups in total. The SMILES string of the molecule is CCCCCC#C[C@@]1(C)O[C@@H]2OC(=O)N(C(=O)CCl)[C@@H]2C[C@@H]1O. The van der Waals surface area contributed by atoms with Gasteiger partial charge in [0.2, 0.25) is 12.2 Å². The Morgan fingerprint density at radius 1 is 1.52 bits per heavy atom. The number of fused-ring (bicyclic) bond motifs is 1. The fourth-order valence-electron chi connectivity index (χ4n) is 2.75. The first-order valence-electron chi connectivity index (χ1n) is 7.87. The van der Waals surface area contributed by atoms with Gasteiger partial charge >= 0.3 is 6.09 Å². The highest BCUT2D eigenvalue weighted by Gasteiger charge is 2.55. The van der Waals surface area contributed by atoms with Crippen LogP contribution in [0.25, 0.3) is 0 Å². The highest BCUT2D eigenvalue weighted by Crippen LogP contribution is 2.36. The Kier molecular flexibility index (Phi) is 5.90. The molecular weight excluding hydrogens is 322 g/mol. The van der Waals surface area contributed by atoms with Gasteiger partial charge in [-0.15, -0.1) is 17.5 Å². The average Bonchev–Trinajstić information content (AvgIpc) is 2.81. The third-order valence-corrected chi connectivity index (χ3v) is 4.37. The van der Waals surface area contributed by atoms with Crippen molar-refractivity contribution in [2.24, 2.45) is 0 Å². The van der Waals surface area contributed by atoms with Crippen molar-refractivity contribution in [1.82, 2.24) is 4.90 Å². The summed E-state index contributed by atoms with van der Waals surface area (Å²) in [5.41, 5.74) is -1.12. The molecular formula is C16H22ClNO5. The molecule has 0 saturated carbocycles.